The quantitative estimate of drug-likeness (QED) is 0.314. The van der Waals surface area contributed by atoms with Gasteiger partial charge >= 0.3 is 0 Å². The highest BCUT2D eigenvalue weighted by atomic mass is 35.5. The summed E-state index contributed by atoms with van der Waals surface area (Å²) in [6, 6.07) is 17.0. The van der Waals surface area contributed by atoms with Crippen molar-refractivity contribution in [3.05, 3.63) is 93.3 Å². The first-order valence-electron chi connectivity index (χ1n) is 9.98. The maximum atomic E-state index is 14.3. The van der Waals surface area contributed by atoms with E-state index in [2.05, 4.69) is 11.4 Å². The molecule has 0 saturated carbocycles. The molecule has 7 heteroatoms. The van der Waals surface area contributed by atoms with Crippen LogP contribution in [0.25, 0.3) is 21.2 Å². The van der Waals surface area contributed by atoms with Crippen molar-refractivity contribution in [1.82, 2.24) is 5.32 Å². The minimum atomic E-state index is -0.578. The van der Waals surface area contributed by atoms with Crippen LogP contribution in [0.1, 0.15) is 20.8 Å². The summed E-state index contributed by atoms with van der Waals surface area (Å²) < 4.78 is 34.0. The molecule has 0 aliphatic rings. The molecule has 32 heavy (non-hydrogen) atoms. The van der Waals surface area contributed by atoms with E-state index in [0.717, 1.165) is 31.7 Å². The van der Waals surface area contributed by atoms with Gasteiger partial charge in [0.25, 0.3) is 5.91 Å². The molecule has 0 radical (unpaired) electrons. The molecule has 0 spiro atoms. The molecular formula is C25H20ClF2NO2S. The molecular weight excluding hydrogens is 452 g/mol. The van der Waals surface area contributed by atoms with Crippen LogP contribution in [-0.2, 0) is 11.2 Å². The first-order valence-corrected chi connectivity index (χ1v) is 11.2. The fourth-order valence-corrected chi connectivity index (χ4v) is 5.05. The Morgan fingerprint density at radius 2 is 1.94 bits per heavy atom. The number of methoxy groups -OCH3 is 1. The van der Waals surface area contributed by atoms with Crippen molar-refractivity contribution in [2.75, 3.05) is 20.3 Å². The van der Waals surface area contributed by atoms with Crippen molar-refractivity contribution in [2.24, 2.45) is 0 Å². The summed E-state index contributed by atoms with van der Waals surface area (Å²) in [4.78, 5) is 13.5. The third-order valence-corrected chi connectivity index (χ3v) is 6.41. The third-order valence-electron chi connectivity index (χ3n) is 5.01. The molecule has 0 bridgehead atoms. The Hall–Kier alpha value is -2.80. The number of rotatable bonds is 7. The van der Waals surface area contributed by atoms with Gasteiger partial charge in [0.15, 0.2) is 0 Å². The van der Waals surface area contributed by atoms with Crippen LogP contribution in [0.2, 0.25) is 5.02 Å². The van der Waals surface area contributed by atoms with Gasteiger partial charge in [0.05, 0.1) is 12.2 Å². The largest absolute Gasteiger partial charge is 0.383 e. The van der Waals surface area contributed by atoms with Crippen molar-refractivity contribution >= 4 is 38.9 Å². The number of carbonyl (C=O) groups is 1. The lowest BCUT2D eigenvalue weighted by Gasteiger charge is -2.09. The number of carbonyl (C=O) groups excluding carboxylic acids is 1. The zero-order valence-corrected chi connectivity index (χ0v) is 18.8. The van der Waals surface area contributed by atoms with Gasteiger partial charge in [-0.05, 0) is 58.5 Å². The summed E-state index contributed by atoms with van der Waals surface area (Å²) in [7, 11) is 1.53. The Morgan fingerprint density at radius 1 is 1.09 bits per heavy atom. The number of halogens is 3. The number of thiophene rings is 1. The van der Waals surface area contributed by atoms with Crippen molar-refractivity contribution in [2.45, 2.75) is 6.42 Å². The number of fused-ring (bicyclic) bond motifs is 1. The van der Waals surface area contributed by atoms with Crippen LogP contribution in [0.4, 0.5) is 8.78 Å². The summed E-state index contributed by atoms with van der Waals surface area (Å²) in [5.74, 6) is -1.42. The molecule has 1 aromatic heterocycles. The smallest absolute Gasteiger partial charge is 0.254 e. The molecule has 4 rings (SSSR count). The van der Waals surface area contributed by atoms with E-state index in [1.54, 1.807) is 29.5 Å². The predicted octanol–water partition coefficient (Wildman–Crippen LogP) is 6.47. The van der Waals surface area contributed by atoms with Crippen LogP contribution >= 0.6 is 22.9 Å². The van der Waals surface area contributed by atoms with Crippen molar-refractivity contribution in [3.8, 4) is 11.1 Å². The van der Waals surface area contributed by atoms with Gasteiger partial charge in [-0.2, -0.15) is 0 Å². The van der Waals surface area contributed by atoms with Gasteiger partial charge in [-0.3, -0.25) is 4.79 Å². The van der Waals surface area contributed by atoms with Crippen LogP contribution in [0, 0.1) is 11.6 Å². The zero-order valence-electron chi connectivity index (χ0n) is 17.3. The predicted molar refractivity (Wildman–Crippen MR) is 126 cm³/mol. The highest BCUT2D eigenvalue weighted by Gasteiger charge is 2.15. The Balaban J connectivity index is 1.67. The second-order valence-electron chi connectivity index (χ2n) is 7.33. The second-order valence-corrected chi connectivity index (χ2v) is 8.91. The molecule has 0 fully saturated rings. The highest BCUT2D eigenvalue weighted by Crippen LogP contribution is 2.36. The van der Waals surface area contributed by atoms with Gasteiger partial charge < -0.3 is 10.1 Å². The topological polar surface area (TPSA) is 38.3 Å². The molecule has 0 aliphatic carbocycles. The fourth-order valence-electron chi connectivity index (χ4n) is 3.57. The number of amides is 1. The second kappa shape index (κ2) is 9.77. The lowest BCUT2D eigenvalue weighted by atomic mass is 10.0. The average Bonchev–Trinajstić information content (AvgIpc) is 3.16. The molecule has 3 aromatic carbocycles. The van der Waals surface area contributed by atoms with E-state index < -0.39 is 11.7 Å². The Bertz CT molecular complexity index is 1270. The van der Waals surface area contributed by atoms with Crippen LogP contribution < -0.4 is 5.32 Å². The molecule has 4 aromatic rings. The van der Waals surface area contributed by atoms with Crippen LogP contribution in [0.15, 0.2) is 60.7 Å². The van der Waals surface area contributed by atoms with E-state index in [4.69, 9.17) is 16.3 Å². The van der Waals surface area contributed by atoms with Crippen molar-refractivity contribution in [1.29, 1.82) is 0 Å². The molecule has 0 unspecified atom stereocenters. The third kappa shape index (κ3) is 4.99. The molecule has 0 saturated heterocycles. The van der Waals surface area contributed by atoms with E-state index >= 15 is 0 Å². The minimum absolute atomic E-state index is 0.0122. The minimum Gasteiger partial charge on any atom is -0.383 e. The Morgan fingerprint density at radius 3 is 2.72 bits per heavy atom. The first kappa shape index (κ1) is 22.4. The fraction of sp³-hybridized carbons (Fsp3) is 0.160. The number of hydrogen-bond acceptors (Lipinski definition) is 3. The SMILES string of the molecule is COCCNC(=O)c1cc(-c2cccc3cc(Cc4cc(F)cc(Cl)c4)sc23)ccc1F. The molecule has 0 atom stereocenters. The van der Waals surface area contributed by atoms with Crippen molar-refractivity contribution in [3.63, 3.8) is 0 Å². The number of ether oxygens (including phenoxy) is 1. The van der Waals surface area contributed by atoms with E-state index in [1.165, 1.54) is 25.3 Å². The standard InChI is InChI=1S/C25H20ClF2NO2S/c1-31-8-7-29-25(30)22-13-16(5-6-23(22)28)21-4-2-3-17-12-20(32-24(17)21)11-15-9-18(26)14-19(27)10-15/h2-6,9-10,12-14H,7-8,11H2,1H3,(H,29,30). The Labute approximate surface area is 193 Å². The van der Waals surface area contributed by atoms with Gasteiger partial charge in [0.2, 0.25) is 0 Å². The number of nitrogens with one attached hydrogen (secondary N) is 1. The van der Waals surface area contributed by atoms with Crippen molar-refractivity contribution < 1.29 is 18.3 Å². The monoisotopic (exact) mass is 471 g/mol. The zero-order chi connectivity index (χ0) is 22.7. The van der Waals surface area contributed by atoms with E-state index in [9.17, 15) is 13.6 Å². The van der Waals surface area contributed by atoms with Gasteiger partial charge in [0, 0.05) is 34.7 Å². The first-order chi connectivity index (χ1) is 15.4. The summed E-state index contributed by atoms with van der Waals surface area (Å²) >= 11 is 7.57. The molecule has 3 nitrogen and oxygen atoms in total. The summed E-state index contributed by atoms with van der Waals surface area (Å²) in [6.45, 7) is 0.647. The van der Waals surface area contributed by atoms with Gasteiger partial charge in [0.1, 0.15) is 11.6 Å². The molecule has 1 heterocycles. The molecule has 1 amide bonds. The summed E-state index contributed by atoms with van der Waals surface area (Å²) in [6.07, 6.45) is 0.548. The van der Waals surface area contributed by atoms with Crippen LogP contribution in [0.5, 0.6) is 0 Å². The maximum Gasteiger partial charge on any atom is 0.254 e. The normalized spacial score (nSPS) is 11.1. The van der Waals surface area contributed by atoms with E-state index in [0.29, 0.717) is 24.6 Å². The summed E-state index contributed by atoms with van der Waals surface area (Å²) in [5, 5.41) is 4.05. The average molecular weight is 472 g/mol. The van der Waals surface area contributed by atoms with E-state index in [1.807, 2.05) is 18.2 Å². The lowest BCUT2D eigenvalue weighted by Crippen LogP contribution is -2.27. The van der Waals surface area contributed by atoms with Crippen LogP contribution in [-0.4, -0.2) is 26.2 Å². The number of benzene rings is 3. The van der Waals surface area contributed by atoms with E-state index in [-0.39, 0.29) is 11.4 Å². The summed E-state index contributed by atoms with van der Waals surface area (Å²) in [5.41, 5.74) is 2.43. The lowest BCUT2D eigenvalue weighted by molar-refractivity contribution is 0.0933. The van der Waals surface area contributed by atoms with Gasteiger partial charge in [-0.1, -0.05) is 35.9 Å². The molecule has 0 aliphatic heterocycles. The molecule has 1 N–H and O–H groups in total. The number of hydrogen-bond donors (Lipinski definition) is 1. The van der Waals surface area contributed by atoms with Crippen LogP contribution in [0.3, 0.4) is 0 Å². The van der Waals surface area contributed by atoms with Gasteiger partial charge in [-0.15, -0.1) is 11.3 Å². The highest BCUT2D eigenvalue weighted by molar-refractivity contribution is 7.19. The maximum absolute atomic E-state index is 14.3. The molecule has 164 valence electrons. The Kier molecular flexibility index (Phi) is 6.84. The van der Waals surface area contributed by atoms with Gasteiger partial charge in [-0.25, -0.2) is 8.78 Å².